The smallest absolute Gasteiger partial charge is 0.270 e. The van der Waals surface area contributed by atoms with Crippen molar-refractivity contribution in [2.45, 2.75) is 33.4 Å². The lowest BCUT2D eigenvalue weighted by Crippen LogP contribution is -2.37. The number of rotatable bonds is 3. The summed E-state index contributed by atoms with van der Waals surface area (Å²) in [5.41, 5.74) is 5.06. The Morgan fingerprint density at radius 3 is 2.70 bits per heavy atom. The van der Waals surface area contributed by atoms with Gasteiger partial charge in [0.25, 0.3) is 11.5 Å². The minimum atomic E-state index is -0.113. The van der Waals surface area contributed by atoms with Crippen LogP contribution in [0.3, 0.4) is 0 Å². The molecule has 8 heteroatoms. The molecule has 0 spiro atoms. The Bertz CT molecular complexity index is 1100. The van der Waals surface area contributed by atoms with Gasteiger partial charge in [0.05, 0.1) is 47.8 Å². The highest BCUT2D eigenvalue weighted by atomic mass is 16.3. The van der Waals surface area contributed by atoms with Gasteiger partial charge in [0.15, 0.2) is 0 Å². The van der Waals surface area contributed by atoms with Crippen molar-refractivity contribution in [1.29, 1.82) is 0 Å². The predicted octanol–water partition coefficient (Wildman–Crippen LogP) is 0.927. The van der Waals surface area contributed by atoms with Crippen LogP contribution >= 0.6 is 0 Å². The first kappa shape index (κ1) is 17.4. The van der Waals surface area contributed by atoms with Crippen LogP contribution in [0.2, 0.25) is 0 Å². The number of hydrogen-bond donors (Lipinski definition) is 2. The van der Waals surface area contributed by atoms with Crippen molar-refractivity contribution in [3.63, 3.8) is 0 Å². The molecular formula is C19H21N5O3. The lowest BCUT2D eigenvalue weighted by atomic mass is 10.1. The molecule has 27 heavy (non-hydrogen) atoms. The molecule has 0 atom stereocenters. The largest absolute Gasteiger partial charge is 0.394 e. The summed E-state index contributed by atoms with van der Waals surface area (Å²) in [6.45, 7) is 4.75. The first-order chi connectivity index (χ1) is 13.0. The lowest BCUT2D eigenvalue weighted by Gasteiger charge is -2.26. The summed E-state index contributed by atoms with van der Waals surface area (Å²) >= 11 is 0. The average Bonchev–Trinajstić information content (AvgIpc) is 2.97. The molecule has 2 aromatic heterocycles. The van der Waals surface area contributed by atoms with Crippen molar-refractivity contribution < 1.29 is 9.90 Å². The van der Waals surface area contributed by atoms with Crippen molar-refractivity contribution in [2.75, 3.05) is 13.2 Å². The van der Waals surface area contributed by atoms with E-state index in [1.807, 2.05) is 19.9 Å². The molecule has 0 saturated heterocycles. The van der Waals surface area contributed by atoms with E-state index in [0.717, 1.165) is 22.6 Å². The molecule has 0 fully saturated rings. The molecule has 1 amide bonds. The van der Waals surface area contributed by atoms with Crippen LogP contribution in [-0.2, 0) is 19.5 Å². The number of carbonyl (C=O) groups excluding carboxylic acids is 1. The molecule has 0 saturated carbocycles. The summed E-state index contributed by atoms with van der Waals surface area (Å²) < 4.78 is 1.40. The molecule has 3 heterocycles. The number of nitrogens with zero attached hydrogens (tertiary/aromatic N) is 4. The molecule has 3 aromatic rings. The van der Waals surface area contributed by atoms with E-state index in [9.17, 15) is 9.59 Å². The van der Waals surface area contributed by atoms with Crippen LogP contribution in [-0.4, -0.2) is 48.8 Å². The van der Waals surface area contributed by atoms with Gasteiger partial charge in [-0.25, -0.2) is 9.97 Å². The van der Waals surface area contributed by atoms with E-state index in [-0.39, 0.29) is 24.6 Å². The van der Waals surface area contributed by atoms with E-state index in [1.165, 1.54) is 4.68 Å². The Morgan fingerprint density at radius 1 is 1.22 bits per heavy atom. The first-order valence-electron chi connectivity index (χ1n) is 8.93. The van der Waals surface area contributed by atoms with Crippen molar-refractivity contribution in [1.82, 2.24) is 24.6 Å². The quantitative estimate of drug-likeness (QED) is 0.717. The SMILES string of the molecule is Cc1nc2ccc(C(=O)N3CCc4c([nH]n(CCO)c4=O)C3)cc2nc1C. The summed E-state index contributed by atoms with van der Waals surface area (Å²) in [5, 5.41) is 12.1. The highest BCUT2D eigenvalue weighted by Crippen LogP contribution is 2.19. The van der Waals surface area contributed by atoms with Crippen molar-refractivity contribution in [3.8, 4) is 0 Å². The standard InChI is InChI=1S/C19H21N5O3/c1-11-12(2)21-16-9-13(3-4-15(16)20-11)18(26)23-6-5-14-17(10-23)22-24(7-8-25)19(14)27/h3-4,9,22,25H,5-8,10H2,1-2H3. The molecule has 140 valence electrons. The van der Waals surface area contributed by atoms with Gasteiger partial charge in [-0.2, -0.15) is 0 Å². The number of aromatic amines is 1. The summed E-state index contributed by atoms with van der Waals surface area (Å²) in [6, 6.07) is 5.35. The Kier molecular flexibility index (Phi) is 4.27. The minimum absolute atomic E-state index is 0.0988. The number of benzene rings is 1. The first-order valence-corrected chi connectivity index (χ1v) is 8.93. The highest BCUT2D eigenvalue weighted by molar-refractivity contribution is 5.97. The molecule has 0 bridgehead atoms. The number of aromatic nitrogens is 4. The second-order valence-electron chi connectivity index (χ2n) is 6.82. The minimum Gasteiger partial charge on any atom is -0.394 e. The normalized spacial score (nSPS) is 13.8. The van der Waals surface area contributed by atoms with Crippen LogP contribution in [0.1, 0.15) is 33.0 Å². The van der Waals surface area contributed by atoms with Crippen LogP contribution in [0.4, 0.5) is 0 Å². The van der Waals surface area contributed by atoms with E-state index in [2.05, 4.69) is 15.1 Å². The number of hydrogen-bond acceptors (Lipinski definition) is 5. The maximum atomic E-state index is 13.0. The van der Waals surface area contributed by atoms with Crippen molar-refractivity contribution in [3.05, 3.63) is 56.8 Å². The van der Waals surface area contributed by atoms with Crippen molar-refractivity contribution in [2.24, 2.45) is 0 Å². The van der Waals surface area contributed by atoms with Crippen LogP contribution in [0.15, 0.2) is 23.0 Å². The zero-order chi connectivity index (χ0) is 19.1. The monoisotopic (exact) mass is 367 g/mol. The van der Waals surface area contributed by atoms with Crippen LogP contribution in [0, 0.1) is 13.8 Å². The number of aliphatic hydroxyl groups is 1. The van der Waals surface area contributed by atoms with Gasteiger partial charge in [0, 0.05) is 17.7 Å². The van der Waals surface area contributed by atoms with Gasteiger partial charge in [-0.15, -0.1) is 0 Å². The number of fused-ring (bicyclic) bond motifs is 2. The van der Waals surface area contributed by atoms with E-state index in [1.54, 1.807) is 17.0 Å². The summed E-state index contributed by atoms with van der Waals surface area (Å²) in [5.74, 6) is -0.0988. The van der Waals surface area contributed by atoms with Gasteiger partial charge in [0.1, 0.15) is 0 Å². The predicted molar refractivity (Wildman–Crippen MR) is 99.6 cm³/mol. The molecule has 1 aliphatic rings. The Hall–Kier alpha value is -3.00. The van der Waals surface area contributed by atoms with Gasteiger partial charge < -0.3 is 10.0 Å². The fraction of sp³-hybridized carbons (Fsp3) is 0.368. The fourth-order valence-corrected chi connectivity index (χ4v) is 3.46. The fourth-order valence-electron chi connectivity index (χ4n) is 3.46. The molecule has 8 nitrogen and oxygen atoms in total. The third-order valence-electron chi connectivity index (χ3n) is 5.05. The molecule has 0 aliphatic carbocycles. The maximum Gasteiger partial charge on any atom is 0.270 e. The zero-order valence-electron chi connectivity index (χ0n) is 15.3. The molecule has 0 unspecified atom stereocenters. The molecule has 2 N–H and O–H groups in total. The maximum absolute atomic E-state index is 13.0. The molecule has 4 rings (SSSR count). The number of carbonyl (C=O) groups is 1. The topological polar surface area (TPSA) is 104 Å². The van der Waals surface area contributed by atoms with E-state index in [0.29, 0.717) is 36.2 Å². The Morgan fingerprint density at radius 2 is 1.96 bits per heavy atom. The van der Waals surface area contributed by atoms with Gasteiger partial charge in [-0.1, -0.05) is 0 Å². The van der Waals surface area contributed by atoms with E-state index >= 15 is 0 Å². The number of amides is 1. The number of aliphatic hydroxyl groups excluding tert-OH is 1. The molecule has 1 aliphatic heterocycles. The van der Waals surface area contributed by atoms with Gasteiger partial charge >= 0.3 is 0 Å². The zero-order valence-corrected chi connectivity index (χ0v) is 15.3. The molecule has 0 radical (unpaired) electrons. The Labute approximate surface area is 155 Å². The third-order valence-corrected chi connectivity index (χ3v) is 5.05. The Balaban J connectivity index is 1.62. The summed E-state index contributed by atoms with van der Waals surface area (Å²) in [7, 11) is 0. The second kappa shape index (κ2) is 6.62. The van der Waals surface area contributed by atoms with E-state index in [4.69, 9.17) is 5.11 Å². The van der Waals surface area contributed by atoms with Gasteiger partial charge in [-0.05, 0) is 38.5 Å². The molecule has 1 aromatic carbocycles. The van der Waals surface area contributed by atoms with Gasteiger partial charge in [-0.3, -0.25) is 19.4 Å². The van der Waals surface area contributed by atoms with Crippen LogP contribution in [0.25, 0.3) is 11.0 Å². The van der Waals surface area contributed by atoms with Crippen LogP contribution < -0.4 is 5.56 Å². The second-order valence-corrected chi connectivity index (χ2v) is 6.82. The van der Waals surface area contributed by atoms with E-state index < -0.39 is 0 Å². The number of aryl methyl sites for hydroxylation is 2. The van der Waals surface area contributed by atoms with Crippen molar-refractivity contribution >= 4 is 16.9 Å². The summed E-state index contributed by atoms with van der Waals surface area (Å²) in [4.78, 5) is 36.0. The third kappa shape index (κ3) is 3.02. The highest BCUT2D eigenvalue weighted by Gasteiger charge is 2.26. The number of nitrogens with one attached hydrogen (secondary N) is 1. The molecular weight excluding hydrogens is 346 g/mol. The lowest BCUT2D eigenvalue weighted by molar-refractivity contribution is 0.0732. The number of H-pyrrole nitrogens is 1. The van der Waals surface area contributed by atoms with Crippen LogP contribution in [0.5, 0.6) is 0 Å². The van der Waals surface area contributed by atoms with Gasteiger partial charge in [0.2, 0.25) is 0 Å². The average molecular weight is 367 g/mol. The summed E-state index contributed by atoms with van der Waals surface area (Å²) in [6.07, 6.45) is 0.501.